The molecule has 6 nitrogen and oxygen atoms in total. The van der Waals surface area contributed by atoms with Gasteiger partial charge >= 0.3 is 5.69 Å². The molecule has 0 aliphatic heterocycles. The normalized spacial score (nSPS) is 10.7. The minimum atomic E-state index is -0.511. The summed E-state index contributed by atoms with van der Waals surface area (Å²) in [6.07, 6.45) is 0. The quantitative estimate of drug-likeness (QED) is 0.497. The van der Waals surface area contributed by atoms with Gasteiger partial charge < -0.3 is 11.1 Å². The Labute approximate surface area is 139 Å². The van der Waals surface area contributed by atoms with Gasteiger partial charge in [-0.1, -0.05) is 23.7 Å². The van der Waals surface area contributed by atoms with E-state index in [9.17, 15) is 10.1 Å². The standard InChI is InChI=1S/C14H15ClN4O2.ClH/c1-14(2,16)9-3-5-10(6-4-9)17-13-11(19(20)21)7-8-12(15)18-13;/h3-8H,16H2,1-2H3,(H,17,18);1H. The van der Waals surface area contributed by atoms with E-state index in [1.165, 1.54) is 12.1 Å². The molecule has 1 aromatic carbocycles. The van der Waals surface area contributed by atoms with Gasteiger partial charge in [0.05, 0.1) is 4.92 Å². The van der Waals surface area contributed by atoms with E-state index >= 15 is 0 Å². The summed E-state index contributed by atoms with van der Waals surface area (Å²) in [7, 11) is 0. The van der Waals surface area contributed by atoms with Gasteiger partial charge in [0.25, 0.3) is 0 Å². The number of hydrogen-bond donors (Lipinski definition) is 2. The SMILES string of the molecule is CC(C)(N)c1ccc(Nc2nc(Cl)ccc2[N+](=O)[O-])cc1.Cl. The molecule has 0 atom stereocenters. The van der Waals surface area contributed by atoms with Gasteiger partial charge in [-0.05, 0) is 37.6 Å². The van der Waals surface area contributed by atoms with E-state index in [0.29, 0.717) is 5.69 Å². The molecule has 0 unspecified atom stereocenters. The van der Waals surface area contributed by atoms with Gasteiger partial charge in [-0.3, -0.25) is 10.1 Å². The Bertz CT molecular complexity index is 670. The van der Waals surface area contributed by atoms with E-state index < -0.39 is 10.5 Å². The summed E-state index contributed by atoms with van der Waals surface area (Å²) >= 11 is 5.78. The van der Waals surface area contributed by atoms with Crippen LogP contribution in [-0.4, -0.2) is 9.91 Å². The van der Waals surface area contributed by atoms with Crippen LogP contribution in [0.3, 0.4) is 0 Å². The summed E-state index contributed by atoms with van der Waals surface area (Å²) in [4.78, 5) is 14.4. The van der Waals surface area contributed by atoms with Gasteiger partial charge in [-0.2, -0.15) is 0 Å². The molecule has 3 N–H and O–H groups in total. The first-order valence-electron chi connectivity index (χ1n) is 6.25. The molecule has 2 rings (SSSR count). The van der Waals surface area contributed by atoms with Crippen LogP contribution in [0.5, 0.6) is 0 Å². The summed E-state index contributed by atoms with van der Waals surface area (Å²) in [6, 6.07) is 9.99. The van der Waals surface area contributed by atoms with Gasteiger partial charge in [-0.25, -0.2) is 4.98 Å². The maximum Gasteiger partial charge on any atom is 0.311 e. The van der Waals surface area contributed by atoms with Crippen LogP contribution in [0.1, 0.15) is 19.4 Å². The van der Waals surface area contributed by atoms with Crippen molar-refractivity contribution in [1.82, 2.24) is 4.98 Å². The Morgan fingerprint density at radius 3 is 2.32 bits per heavy atom. The zero-order chi connectivity index (χ0) is 15.6. The molecule has 0 fully saturated rings. The highest BCUT2D eigenvalue weighted by atomic mass is 35.5. The molecule has 118 valence electrons. The number of nitro groups is 1. The number of aromatic nitrogens is 1. The number of hydrogen-bond acceptors (Lipinski definition) is 5. The number of anilines is 2. The van der Waals surface area contributed by atoms with E-state index in [1.54, 1.807) is 12.1 Å². The average molecular weight is 343 g/mol. The third-order valence-electron chi connectivity index (χ3n) is 2.93. The second-order valence-electron chi connectivity index (χ2n) is 5.18. The van der Waals surface area contributed by atoms with E-state index in [2.05, 4.69) is 10.3 Å². The second kappa shape index (κ2) is 6.91. The van der Waals surface area contributed by atoms with E-state index in [-0.39, 0.29) is 29.1 Å². The zero-order valence-corrected chi connectivity index (χ0v) is 13.6. The van der Waals surface area contributed by atoms with Gasteiger partial charge in [0, 0.05) is 17.3 Å². The molecule has 8 heteroatoms. The van der Waals surface area contributed by atoms with Crippen molar-refractivity contribution in [3.8, 4) is 0 Å². The lowest BCUT2D eigenvalue weighted by Crippen LogP contribution is -2.28. The van der Waals surface area contributed by atoms with Crippen LogP contribution >= 0.6 is 24.0 Å². The fraction of sp³-hybridized carbons (Fsp3) is 0.214. The van der Waals surface area contributed by atoms with Crippen LogP contribution in [-0.2, 0) is 5.54 Å². The van der Waals surface area contributed by atoms with E-state index in [4.69, 9.17) is 17.3 Å². The van der Waals surface area contributed by atoms with Gasteiger partial charge in [-0.15, -0.1) is 12.4 Å². The molecule has 0 amide bonds. The van der Waals surface area contributed by atoms with Crippen LogP contribution in [0, 0.1) is 10.1 Å². The Hall–Kier alpha value is -1.89. The van der Waals surface area contributed by atoms with Crippen molar-refractivity contribution in [3.05, 3.63) is 57.2 Å². The molecule has 1 aromatic heterocycles. The average Bonchev–Trinajstić information content (AvgIpc) is 2.38. The van der Waals surface area contributed by atoms with Crippen LogP contribution in [0.25, 0.3) is 0 Å². The minimum absolute atomic E-state index is 0. The Morgan fingerprint density at radius 1 is 1.23 bits per heavy atom. The van der Waals surface area contributed by atoms with Gasteiger partial charge in [0.15, 0.2) is 0 Å². The molecule has 0 radical (unpaired) electrons. The molecule has 0 aliphatic rings. The molecular weight excluding hydrogens is 327 g/mol. The smallest absolute Gasteiger partial charge is 0.311 e. The predicted octanol–water partition coefficient (Wildman–Crippen LogP) is 4.00. The van der Waals surface area contributed by atoms with Crippen molar-refractivity contribution in [1.29, 1.82) is 0 Å². The number of rotatable bonds is 4. The number of pyridine rings is 1. The molecule has 0 spiro atoms. The van der Waals surface area contributed by atoms with Crippen molar-refractivity contribution in [2.45, 2.75) is 19.4 Å². The fourth-order valence-corrected chi connectivity index (χ4v) is 1.93. The number of nitrogens with two attached hydrogens (primary N) is 1. The third kappa shape index (κ3) is 4.30. The largest absolute Gasteiger partial charge is 0.334 e. The summed E-state index contributed by atoms with van der Waals surface area (Å²) in [6.45, 7) is 3.80. The first kappa shape index (κ1) is 18.2. The molecule has 0 saturated carbocycles. The first-order valence-corrected chi connectivity index (χ1v) is 6.62. The fourth-order valence-electron chi connectivity index (χ4n) is 1.79. The maximum absolute atomic E-state index is 11.0. The molecule has 0 bridgehead atoms. The molecule has 1 heterocycles. The van der Waals surface area contributed by atoms with E-state index in [1.807, 2.05) is 26.0 Å². The minimum Gasteiger partial charge on any atom is -0.334 e. The first-order chi connectivity index (χ1) is 9.77. The van der Waals surface area contributed by atoms with Crippen molar-refractivity contribution < 1.29 is 4.92 Å². The number of halogens is 2. The lowest BCUT2D eigenvalue weighted by molar-refractivity contribution is -0.384. The number of benzene rings is 1. The lowest BCUT2D eigenvalue weighted by Gasteiger charge is -2.19. The number of nitrogens with one attached hydrogen (secondary N) is 1. The molecular formula is C14H16Cl2N4O2. The molecule has 2 aromatic rings. The molecule has 22 heavy (non-hydrogen) atoms. The second-order valence-corrected chi connectivity index (χ2v) is 5.57. The van der Waals surface area contributed by atoms with Crippen LogP contribution < -0.4 is 11.1 Å². The highest BCUT2D eigenvalue weighted by Gasteiger charge is 2.17. The Kier molecular flexibility index (Phi) is 5.71. The summed E-state index contributed by atoms with van der Waals surface area (Å²) in [5, 5.41) is 14.1. The van der Waals surface area contributed by atoms with Crippen molar-refractivity contribution in [2.75, 3.05) is 5.32 Å². The van der Waals surface area contributed by atoms with E-state index in [0.717, 1.165) is 5.56 Å². The Morgan fingerprint density at radius 2 is 1.82 bits per heavy atom. The third-order valence-corrected chi connectivity index (χ3v) is 3.14. The highest BCUT2D eigenvalue weighted by molar-refractivity contribution is 6.29. The summed E-state index contributed by atoms with van der Waals surface area (Å²) in [5.74, 6) is 0.104. The molecule has 0 aliphatic carbocycles. The topological polar surface area (TPSA) is 94.1 Å². The predicted molar refractivity (Wildman–Crippen MR) is 90.1 cm³/mol. The van der Waals surface area contributed by atoms with Crippen molar-refractivity contribution in [3.63, 3.8) is 0 Å². The Balaban J connectivity index is 0.00000242. The van der Waals surface area contributed by atoms with Crippen molar-refractivity contribution >= 4 is 41.2 Å². The van der Waals surface area contributed by atoms with Crippen LogP contribution in [0.4, 0.5) is 17.2 Å². The zero-order valence-electron chi connectivity index (χ0n) is 12.0. The monoisotopic (exact) mass is 342 g/mol. The van der Waals surface area contributed by atoms with Crippen LogP contribution in [0.2, 0.25) is 5.15 Å². The van der Waals surface area contributed by atoms with Crippen LogP contribution in [0.15, 0.2) is 36.4 Å². The maximum atomic E-state index is 11.0. The summed E-state index contributed by atoms with van der Waals surface area (Å²) < 4.78 is 0. The number of nitrogens with zero attached hydrogens (tertiary/aromatic N) is 2. The lowest BCUT2D eigenvalue weighted by atomic mass is 9.96. The highest BCUT2D eigenvalue weighted by Crippen LogP contribution is 2.28. The summed E-state index contributed by atoms with van der Waals surface area (Å²) in [5.41, 5.74) is 7.05. The molecule has 0 saturated heterocycles. The van der Waals surface area contributed by atoms with Gasteiger partial charge in [0.1, 0.15) is 5.15 Å². The van der Waals surface area contributed by atoms with Crippen molar-refractivity contribution in [2.24, 2.45) is 5.73 Å². The van der Waals surface area contributed by atoms with Gasteiger partial charge in [0.2, 0.25) is 5.82 Å².